The van der Waals surface area contributed by atoms with E-state index in [1.165, 1.54) is 5.56 Å². The average Bonchev–Trinajstić information content (AvgIpc) is 3.05. The topological polar surface area (TPSA) is 65.3 Å². The Morgan fingerprint density at radius 3 is 2.90 bits per heavy atom. The van der Waals surface area contributed by atoms with E-state index in [4.69, 9.17) is 10.00 Å². The normalized spacial score (nSPS) is 13.4. The molecule has 2 N–H and O–H groups in total. The van der Waals surface area contributed by atoms with E-state index < -0.39 is 6.10 Å². The number of nitrogens with zero attached hydrogens (tertiary/aromatic N) is 1. The second-order valence-electron chi connectivity index (χ2n) is 4.76. The molecule has 0 aliphatic rings. The molecule has 0 aliphatic carbocycles. The van der Waals surface area contributed by atoms with Crippen LogP contribution in [0.2, 0.25) is 0 Å². The van der Waals surface area contributed by atoms with Crippen molar-refractivity contribution in [1.82, 2.24) is 5.32 Å². The van der Waals surface area contributed by atoms with Crippen LogP contribution in [-0.2, 0) is 0 Å². The van der Waals surface area contributed by atoms with Gasteiger partial charge in [0, 0.05) is 12.6 Å². The molecule has 0 aliphatic heterocycles. The zero-order valence-electron chi connectivity index (χ0n) is 11.8. The Balaban J connectivity index is 1.77. The molecule has 0 amide bonds. The third-order valence-electron chi connectivity index (χ3n) is 3.14. The van der Waals surface area contributed by atoms with Gasteiger partial charge in [0.2, 0.25) is 0 Å². The predicted octanol–water partition coefficient (Wildman–Crippen LogP) is 2.71. The third kappa shape index (κ3) is 4.57. The van der Waals surface area contributed by atoms with E-state index in [1.54, 1.807) is 35.6 Å². The largest absolute Gasteiger partial charge is 0.489 e. The van der Waals surface area contributed by atoms with Gasteiger partial charge in [-0.2, -0.15) is 16.6 Å². The smallest absolute Gasteiger partial charge is 0.137 e. The fourth-order valence-electron chi connectivity index (χ4n) is 1.88. The number of rotatable bonds is 7. The Kier molecular flexibility index (Phi) is 5.76. The molecule has 110 valence electrons. The van der Waals surface area contributed by atoms with Crippen LogP contribution >= 0.6 is 11.3 Å². The van der Waals surface area contributed by atoms with Crippen LogP contribution in [0.3, 0.4) is 0 Å². The average molecular weight is 302 g/mol. The quantitative estimate of drug-likeness (QED) is 0.825. The van der Waals surface area contributed by atoms with Crippen LogP contribution in [0.4, 0.5) is 0 Å². The highest BCUT2D eigenvalue weighted by Crippen LogP contribution is 2.17. The molecular formula is C16H18N2O2S. The van der Waals surface area contributed by atoms with Crippen LogP contribution in [0.1, 0.15) is 24.1 Å². The Hall–Kier alpha value is -1.87. The minimum atomic E-state index is -0.627. The van der Waals surface area contributed by atoms with Crippen molar-refractivity contribution < 1.29 is 9.84 Å². The summed E-state index contributed by atoms with van der Waals surface area (Å²) >= 11 is 1.66. The number of benzene rings is 1. The SMILES string of the molecule is CC(NCC(O)COc1ccccc1C#N)c1ccsc1. The summed E-state index contributed by atoms with van der Waals surface area (Å²) in [5.74, 6) is 0.505. The van der Waals surface area contributed by atoms with E-state index in [0.29, 0.717) is 17.9 Å². The maximum atomic E-state index is 9.95. The van der Waals surface area contributed by atoms with Crippen LogP contribution in [0.25, 0.3) is 0 Å². The van der Waals surface area contributed by atoms with Crippen LogP contribution in [-0.4, -0.2) is 24.4 Å². The first-order chi connectivity index (χ1) is 10.2. The van der Waals surface area contributed by atoms with Crippen molar-refractivity contribution in [3.63, 3.8) is 0 Å². The molecule has 0 saturated heterocycles. The van der Waals surface area contributed by atoms with Crippen molar-refractivity contribution in [3.8, 4) is 11.8 Å². The van der Waals surface area contributed by atoms with Crippen LogP contribution in [0.15, 0.2) is 41.1 Å². The zero-order chi connectivity index (χ0) is 15.1. The van der Waals surface area contributed by atoms with Crippen molar-refractivity contribution >= 4 is 11.3 Å². The van der Waals surface area contributed by atoms with E-state index in [1.807, 2.05) is 5.38 Å². The predicted molar refractivity (Wildman–Crippen MR) is 83.4 cm³/mol. The van der Waals surface area contributed by atoms with Gasteiger partial charge in [0.05, 0.1) is 5.56 Å². The minimum Gasteiger partial charge on any atom is -0.489 e. The van der Waals surface area contributed by atoms with Crippen molar-refractivity contribution in [2.75, 3.05) is 13.2 Å². The monoisotopic (exact) mass is 302 g/mol. The molecule has 0 radical (unpaired) electrons. The molecule has 2 aromatic rings. The zero-order valence-corrected chi connectivity index (χ0v) is 12.6. The number of nitriles is 1. The summed E-state index contributed by atoms with van der Waals surface area (Å²) in [6.07, 6.45) is -0.627. The molecule has 0 bridgehead atoms. The fourth-order valence-corrected chi connectivity index (χ4v) is 2.64. The van der Waals surface area contributed by atoms with Gasteiger partial charge >= 0.3 is 0 Å². The van der Waals surface area contributed by atoms with Gasteiger partial charge in [-0.15, -0.1) is 0 Å². The number of para-hydroxylation sites is 1. The summed E-state index contributed by atoms with van der Waals surface area (Å²) in [5.41, 5.74) is 1.69. The number of nitrogens with one attached hydrogen (secondary N) is 1. The lowest BCUT2D eigenvalue weighted by atomic mass is 10.2. The second kappa shape index (κ2) is 7.79. The second-order valence-corrected chi connectivity index (χ2v) is 5.54. The van der Waals surface area contributed by atoms with Crippen LogP contribution in [0, 0.1) is 11.3 Å². The van der Waals surface area contributed by atoms with Crippen LogP contribution in [0.5, 0.6) is 5.75 Å². The lowest BCUT2D eigenvalue weighted by Gasteiger charge is -2.17. The lowest BCUT2D eigenvalue weighted by Crippen LogP contribution is -2.33. The number of ether oxygens (including phenoxy) is 1. The molecule has 1 heterocycles. The van der Waals surface area contributed by atoms with Gasteiger partial charge in [-0.1, -0.05) is 12.1 Å². The Morgan fingerprint density at radius 1 is 1.38 bits per heavy atom. The fraction of sp³-hybridized carbons (Fsp3) is 0.312. The third-order valence-corrected chi connectivity index (χ3v) is 3.84. The first-order valence-corrected chi connectivity index (χ1v) is 7.70. The first kappa shape index (κ1) is 15.5. The molecule has 0 spiro atoms. The lowest BCUT2D eigenvalue weighted by molar-refractivity contribution is 0.104. The molecule has 1 aromatic carbocycles. The number of hydrogen-bond donors (Lipinski definition) is 2. The van der Waals surface area contributed by atoms with Gasteiger partial charge < -0.3 is 15.2 Å². The number of aliphatic hydroxyl groups is 1. The van der Waals surface area contributed by atoms with E-state index in [-0.39, 0.29) is 12.6 Å². The van der Waals surface area contributed by atoms with Gasteiger partial charge in [0.25, 0.3) is 0 Å². The summed E-state index contributed by atoms with van der Waals surface area (Å²) in [6.45, 7) is 2.65. The minimum absolute atomic E-state index is 0.155. The molecule has 0 fully saturated rings. The van der Waals surface area contributed by atoms with Crippen molar-refractivity contribution in [2.45, 2.75) is 19.1 Å². The number of hydrogen-bond acceptors (Lipinski definition) is 5. The highest BCUT2D eigenvalue weighted by Gasteiger charge is 2.10. The molecule has 1 aromatic heterocycles. The molecule has 0 saturated carbocycles. The summed E-state index contributed by atoms with van der Waals surface area (Å²) in [5, 5.41) is 26.3. The van der Waals surface area contributed by atoms with E-state index in [2.05, 4.69) is 29.8 Å². The van der Waals surface area contributed by atoms with Crippen molar-refractivity contribution in [1.29, 1.82) is 5.26 Å². The van der Waals surface area contributed by atoms with Gasteiger partial charge in [0.15, 0.2) is 0 Å². The first-order valence-electron chi connectivity index (χ1n) is 6.76. The molecule has 2 atom stereocenters. The number of aliphatic hydroxyl groups excluding tert-OH is 1. The Bertz CT molecular complexity index is 593. The molecule has 5 heteroatoms. The molecule has 4 nitrogen and oxygen atoms in total. The standard InChI is InChI=1S/C16H18N2O2S/c1-12(14-6-7-21-11-14)18-9-15(19)10-20-16-5-3-2-4-13(16)8-17/h2-7,11-12,15,18-19H,9-10H2,1H3. The molecule has 21 heavy (non-hydrogen) atoms. The summed E-state index contributed by atoms with van der Waals surface area (Å²) in [4.78, 5) is 0. The van der Waals surface area contributed by atoms with E-state index in [0.717, 1.165) is 0 Å². The van der Waals surface area contributed by atoms with Crippen molar-refractivity contribution in [3.05, 3.63) is 52.2 Å². The van der Waals surface area contributed by atoms with Gasteiger partial charge in [-0.3, -0.25) is 0 Å². The van der Waals surface area contributed by atoms with Crippen molar-refractivity contribution in [2.24, 2.45) is 0 Å². The van der Waals surface area contributed by atoms with E-state index in [9.17, 15) is 5.11 Å². The van der Waals surface area contributed by atoms with Gasteiger partial charge in [-0.05, 0) is 41.4 Å². The van der Waals surface area contributed by atoms with E-state index >= 15 is 0 Å². The molecular weight excluding hydrogens is 284 g/mol. The summed E-state index contributed by atoms with van der Waals surface area (Å²) in [6, 6.07) is 11.3. The molecule has 2 rings (SSSR count). The highest BCUT2D eigenvalue weighted by atomic mass is 32.1. The molecule has 2 unspecified atom stereocenters. The maximum absolute atomic E-state index is 9.95. The Labute approximate surface area is 128 Å². The van der Waals surface area contributed by atoms with Gasteiger partial charge in [0.1, 0.15) is 24.5 Å². The van der Waals surface area contributed by atoms with Gasteiger partial charge in [-0.25, -0.2) is 0 Å². The highest BCUT2D eigenvalue weighted by molar-refractivity contribution is 7.07. The maximum Gasteiger partial charge on any atom is 0.137 e. The van der Waals surface area contributed by atoms with Crippen LogP contribution < -0.4 is 10.1 Å². The summed E-state index contributed by atoms with van der Waals surface area (Å²) in [7, 11) is 0. The number of thiophene rings is 1. The summed E-state index contributed by atoms with van der Waals surface area (Å²) < 4.78 is 5.50. The Morgan fingerprint density at radius 2 is 2.19 bits per heavy atom.